The van der Waals surface area contributed by atoms with E-state index < -0.39 is 0 Å². The Hall–Kier alpha value is -3.29. The molecule has 0 bridgehead atoms. The fraction of sp³-hybridized carbons (Fsp3) is 0.235. The van der Waals surface area contributed by atoms with Gasteiger partial charge in [-0.2, -0.15) is 9.97 Å². The predicted octanol–water partition coefficient (Wildman–Crippen LogP) is 2.94. The van der Waals surface area contributed by atoms with Crippen molar-refractivity contribution in [3.63, 3.8) is 0 Å². The first-order valence-corrected chi connectivity index (χ1v) is 7.57. The van der Waals surface area contributed by atoms with Crippen molar-refractivity contribution in [3.8, 4) is 28.9 Å². The second kappa shape index (κ2) is 7.08. The van der Waals surface area contributed by atoms with Gasteiger partial charge in [0.2, 0.25) is 17.7 Å². The van der Waals surface area contributed by atoms with E-state index in [0.717, 1.165) is 22.8 Å². The average molecular weight is 341 g/mol. The molecule has 25 heavy (non-hydrogen) atoms. The number of benzene rings is 1. The number of aromatic amines is 1. The van der Waals surface area contributed by atoms with Gasteiger partial charge in [-0.3, -0.25) is 0 Å². The van der Waals surface area contributed by atoms with Crippen LogP contribution in [0.25, 0.3) is 11.4 Å². The number of imidazole rings is 1. The highest BCUT2D eigenvalue weighted by atomic mass is 16.5. The lowest BCUT2D eigenvalue weighted by atomic mass is 10.1. The molecule has 2 heterocycles. The Kier molecular flexibility index (Phi) is 4.69. The summed E-state index contributed by atoms with van der Waals surface area (Å²) in [5, 5.41) is 3.12. The summed E-state index contributed by atoms with van der Waals surface area (Å²) in [5.41, 5.74) is 2.61. The van der Waals surface area contributed by atoms with Crippen LogP contribution in [0.1, 0.15) is 5.69 Å². The Morgan fingerprint density at radius 3 is 2.24 bits per heavy atom. The monoisotopic (exact) mass is 341 g/mol. The molecule has 0 aliphatic carbocycles. The van der Waals surface area contributed by atoms with Crippen LogP contribution in [-0.2, 0) is 0 Å². The first kappa shape index (κ1) is 16.6. The molecule has 0 fully saturated rings. The van der Waals surface area contributed by atoms with Gasteiger partial charge in [-0.05, 0) is 19.1 Å². The lowest BCUT2D eigenvalue weighted by molar-refractivity contribution is 0.373. The number of methoxy groups -OCH3 is 3. The summed E-state index contributed by atoms with van der Waals surface area (Å²) in [4.78, 5) is 16.0. The molecule has 1 aromatic carbocycles. The molecule has 0 atom stereocenters. The van der Waals surface area contributed by atoms with E-state index in [1.165, 1.54) is 14.2 Å². The highest BCUT2D eigenvalue weighted by molar-refractivity contribution is 5.70. The van der Waals surface area contributed by atoms with Gasteiger partial charge in [0.15, 0.2) is 0 Å². The zero-order chi connectivity index (χ0) is 17.8. The molecule has 130 valence electrons. The first-order valence-electron chi connectivity index (χ1n) is 7.57. The lowest BCUT2D eigenvalue weighted by Gasteiger charge is -2.11. The Morgan fingerprint density at radius 2 is 1.68 bits per heavy atom. The molecule has 0 radical (unpaired) electrons. The molecule has 0 spiro atoms. The minimum atomic E-state index is 0.361. The number of hydrogen-bond acceptors (Lipinski definition) is 7. The molecule has 0 unspecified atom stereocenters. The largest absolute Gasteiger partial charge is 0.496 e. The number of nitrogens with one attached hydrogen (secondary N) is 2. The van der Waals surface area contributed by atoms with E-state index in [2.05, 4.69) is 25.3 Å². The highest BCUT2D eigenvalue weighted by Gasteiger charge is 2.11. The molecular formula is C17H19N5O3. The minimum absolute atomic E-state index is 0.361. The van der Waals surface area contributed by atoms with Crippen molar-refractivity contribution in [2.45, 2.75) is 6.92 Å². The summed E-state index contributed by atoms with van der Waals surface area (Å²) in [7, 11) is 4.69. The number of rotatable bonds is 6. The summed E-state index contributed by atoms with van der Waals surface area (Å²) in [5.74, 6) is 2.60. The Morgan fingerprint density at radius 1 is 0.960 bits per heavy atom. The predicted molar refractivity (Wildman–Crippen MR) is 93.7 cm³/mol. The van der Waals surface area contributed by atoms with E-state index in [1.54, 1.807) is 19.4 Å². The molecule has 3 aromatic rings. The number of aryl methyl sites for hydroxylation is 1. The molecule has 0 saturated heterocycles. The molecule has 8 nitrogen and oxygen atoms in total. The van der Waals surface area contributed by atoms with Gasteiger partial charge in [0, 0.05) is 23.6 Å². The van der Waals surface area contributed by atoms with Gasteiger partial charge in [-0.15, -0.1) is 0 Å². The quantitative estimate of drug-likeness (QED) is 0.712. The third kappa shape index (κ3) is 3.63. The molecule has 2 N–H and O–H groups in total. The number of nitrogens with zero attached hydrogens (tertiary/aromatic N) is 3. The fourth-order valence-corrected chi connectivity index (χ4v) is 2.31. The third-order valence-corrected chi connectivity index (χ3v) is 3.51. The van der Waals surface area contributed by atoms with E-state index >= 15 is 0 Å². The third-order valence-electron chi connectivity index (χ3n) is 3.51. The second-order valence-electron chi connectivity index (χ2n) is 5.23. The van der Waals surface area contributed by atoms with Crippen molar-refractivity contribution in [1.29, 1.82) is 0 Å². The normalized spacial score (nSPS) is 10.4. The van der Waals surface area contributed by atoms with Crippen LogP contribution in [-0.4, -0.2) is 41.3 Å². The maximum Gasteiger partial charge on any atom is 0.233 e. The van der Waals surface area contributed by atoms with Gasteiger partial charge in [0.1, 0.15) is 11.6 Å². The molecular weight excluding hydrogens is 322 g/mol. The van der Waals surface area contributed by atoms with Gasteiger partial charge < -0.3 is 24.5 Å². The first-order chi connectivity index (χ1) is 12.1. The van der Waals surface area contributed by atoms with Gasteiger partial charge in [0.05, 0.1) is 33.0 Å². The molecule has 0 aliphatic heterocycles. The van der Waals surface area contributed by atoms with Crippen LogP contribution < -0.4 is 19.5 Å². The van der Waals surface area contributed by atoms with Crippen molar-refractivity contribution >= 4 is 11.6 Å². The number of aromatic nitrogens is 4. The van der Waals surface area contributed by atoms with E-state index in [1.807, 2.05) is 25.1 Å². The topological polar surface area (TPSA) is 94.2 Å². The van der Waals surface area contributed by atoms with E-state index in [-0.39, 0.29) is 0 Å². The van der Waals surface area contributed by atoms with Crippen molar-refractivity contribution < 1.29 is 14.2 Å². The van der Waals surface area contributed by atoms with Crippen LogP contribution in [0, 0.1) is 6.92 Å². The summed E-state index contributed by atoms with van der Waals surface area (Å²) in [6, 6.07) is 7.26. The minimum Gasteiger partial charge on any atom is -0.496 e. The zero-order valence-electron chi connectivity index (χ0n) is 14.5. The zero-order valence-corrected chi connectivity index (χ0v) is 14.5. The smallest absolute Gasteiger partial charge is 0.233 e. The summed E-state index contributed by atoms with van der Waals surface area (Å²) in [6.07, 6.45) is 1.78. The van der Waals surface area contributed by atoms with Crippen molar-refractivity contribution in [3.05, 3.63) is 36.2 Å². The fourth-order valence-electron chi connectivity index (χ4n) is 2.31. The van der Waals surface area contributed by atoms with Crippen LogP contribution >= 0.6 is 0 Å². The molecule has 8 heteroatoms. The second-order valence-corrected chi connectivity index (χ2v) is 5.23. The maximum atomic E-state index is 5.49. The highest BCUT2D eigenvalue weighted by Crippen LogP contribution is 2.31. The van der Waals surface area contributed by atoms with Crippen LogP contribution in [0.5, 0.6) is 17.5 Å². The number of hydrogen-bond donors (Lipinski definition) is 2. The van der Waals surface area contributed by atoms with Gasteiger partial charge in [-0.25, -0.2) is 4.98 Å². The standard InChI is InChI=1S/C17H19N5O3/c1-10-9-18-16(19-10)12-6-5-11(7-13(12)23-2)20-17-21-14(24-3)8-15(22-17)25-4/h5-9H,1-4H3,(H,18,19)(H,20,21,22). The van der Waals surface area contributed by atoms with Crippen LogP contribution in [0.4, 0.5) is 11.6 Å². The van der Waals surface area contributed by atoms with Gasteiger partial charge >= 0.3 is 0 Å². The van der Waals surface area contributed by atoms with E-state index in [4.69, 9.17) is 14.2 Å². The Balaban J connectivity index is 1.91. The molecule has 0 saturated carbocycles. The molecule has 2 aromatic heterocycles. The van der Waals surface area contributed by atoms with Crippen molar-refractivity contribution in [1.82, 2.24) is 19.9 Å². The number of anilines is 2. The summed E-state index contributed by atoms with van der Waals surface area (Å²) < 4.78 is 15.8. The van der Waals surface area contributed by atoms with Crippen molar-refractivity contribution in [2.75, 3.05) is 26.6 Å². The molecule has 3 rings (SSSR count). The van der Waals surface area contributed by atoms with Crippen LogP contribution in [0.15, 0.2) is 30.5 Å². The SMILES string of the molecule is COc1cc(OC)nc(Nc2ccc(-c3ncc(C)[nH]3)c(OC)c2)n1. The van der Waals surface area contributed by atoms with Crippen LogP contribution in [0.3, 0.4) is 0 Å². The van der Waals surface area contributed by atoms with Gasteiger partial charge in [0.25, 0.3) is 0 Å². The Labute approximate surface area is 145 Å². The summed E-state index contributed by atoms with van der Waals surface area (Å²) >= 11 is 0. The number of ether oxygens (including phenoxy) is 3. The average Bonchev–Trinajstić information content (AvgIpc) is 3.07. The summed E-state index contributed by atoms with van der Waals surface area (Å²) in [6.45, 7) is 1.95. The number of H-pyrrole nitrogens is 1. The van der Waals surface area contributed by atoms with Gasteiger partial charge in [-0.1, -0.05) is 0 Å². The van der Waals surface area contributed by atoms with E-state index in [0.29, 0.717) is 23.5 Å². The van der Waals surface area contributed by atoms with Crippen LogP contribution in [0.2, 0.25) is 0 Å². The molecule has 0 aliphatic rings. The lowest BCUT2D eigenvalue weighted by Crippen LogP contribution is -2.01. The van der Waals surface area contributed by atoms with E-state index in [9.17, 15) is 0 Å². The molecule has 0 amide bonds. The maximum absolute atomic E-state index is 5.49. The Bertz CT molecular complexity index is 856. The van der Waals surface area contributed by atoms with Crippen molar-refractivity contribution in [2.24, 2.45) is 0 Å².